The monoisotopic (exact) mass is 550 g/mol. The van der Waals surface area contributed by atoms with E-state index in [1.165, 1.54) is 59.1 Å². The highest BCUT2D eigenvalue weighted by molar-refractivity contribution is 7.19. The summed E-state index contributed by atoms with van der Waals surface area (Å²) in [4.78, 5) is 48.6. The molecule has 13 heteroatoms. The number of rotatable bonds is 7. The highest BCUT2D eigenvalue weighted by Gasteiger charge is 2.31. The zero-order valence-electron chi connectivity index (χ0n) is 20.5. The quantitative estimate of drug-likeness (QED) is 0.317. The number of aromatic nitrogens is 5. The smallest absolute Gasteiger partial charge is 0.286 e. The van der Waals surface area contributed by atoms with Gasteiger partial charge in [0, 0.05) is 34.0 Å². The van der Waals surface area contributed by atoms with Gasteiger partial charge in [0.25, 0.3) is 11.5 Å². The fourth-order valence-electron chi connectivity index (χ4n) is 5.19. The predicted molar refractivity (Wildman–Crippen MR) is 145 cm³/mol. The van der Waals surface area contributed by atoms with E-state index in [-0.39, 0.29) is 16.6 Å². The van der Waals surface area contributed by atoms with Gasteiger partial charge >= 0.3 is 0 Å². The third-order valence-corrected chi connectivity index (χ3v) is 9.13. The van der Waals surface area contributed by atoms with Crippen molar-refractivity contribution in [3.63, 3.8) is 0 Å². The van der Waals surface area contributed by atoms with Gasteiger partial charge in [-0.1, -0.05) is 37.0 Å². The molecule has 4 aromatic heterocycles. The van der Waals surface area contributed by atoms with Gasteiger partial charge in [-0.05, 0) is 24.5 Å². The number of carbonyl (C=O) groups is 2. The molecule has 0 bridgehead atoms. The number of nitrogens with one attached hydrogen (secondary N) is 2. The molecule has 0 aromatic carbocycles. The largest absolute Gasteiger partial charge is 0.384 e. The molecule has 2 amide bonds. The first-order chi connectivity index (χ1) is 18.4. The average molecular weight is 551 g/mol. The third kappa shape index (κ3) is 4.90. The molecule has 1 aliphatic heterocycles. The lowest BCUT2D eigenvalue weighted by atomic mass is 10.1. The molecule has 6 rings (SSSR count). The van der Waals surface area contributed by atoms with E-state index in [0.29, 0.717) is 36.9 Å². The number of nitrogens with zero attached hydrogens (tertiary/aromatic N) is 5. The zero-order chi connectivity index (χ0) is 26.2. The lowest BCUT2D eigenvalue weighted by Gasteiger charge is -2.15. The van der Waals surface area contributed by atoms with Crippen molar-refractivity contribution in [2.75, 3.05) is 11.1 Å². The Bertz CT molecular complexity index is 1590. The normalized spacial score (nSPS) is 17.1. The maximum atomic E-state index is 13.3. The van der Waals surface area contributed by atoms with Gasteiger partial charge in [0.2, 0.25) is 10.9 Å². The molecular formula is C25H26N8O3S2. The Morgan fingerprint density at radius 2 is 1.92 bits per heavy atom. The van der Waals surface area contributed by atoms with Crippen molar-refractivity contribution >= 4 is 56.1 Å². The molecule has 4 N–H and O–H groups in total. The molecule has 4 aromatic rings. The second kappa shape index (κ2) is 10.2. The fourth-order valence-corrected chi connectivity index (χ4v) is 7.06. The Labute approximate surface area is 225 Å². The number of thiophene rings is 1. The van der Waals surface area contributed by atoms with Crippen LogP contribution in [-0.2, 0) is 24.2 Å². The number of anilines is 2. The van der Waals surface area contributed by atoms with Crippen LogP contribution in [0.3, 0.4) is 0 Å². The van der Waals surface area contributed by atoms with Gasteiger partial charge in [0.05, 0.1) is 12.7 Å². The number of pyridine rings is 1. The van der Waals surface area contributed by atoms with Crippen LogP contribution in [0.25, 0.3) is 10.1 Å². The van der Waals surface area contributed by atoms with Gasteiger partial charge < -0.3 is 16.4 Å². The number of nitrogens with two attached hydrogens (primary N) is 1. The van der Waals surface area contributed by atoms with E-state index in [1.807, 2.05) is 6.07 Å². The van der Waals surface area contributed by atoms with Crippen LogP contribution in [0.2, 0.25) is 0 Å². The summed E-state index contributed by atoms with van der Waals surface area (Å²) in [6, 6.07) is 3.06. The van der Waals surface area contributed by atoms with Gasteiger partial charge in [-0.3, -0.25) is 19.0 Å². The summed E-state index contributed by atoms with van der Waals surface area (Å²) in [7, 11) is 0. The molecule has 1 fully saturated rings. The topological polar surface area (TPSA) is 158 Å². The summed E-state index contributed by atoms with van der Waals surface area (Å²) in [6.45, 7) is 0.322. The molecule has 0 saturated heterocycles. The van der Waals surface area contributed by atoms with Crippen LogP contribution in [0, 0.1) is 5.92 Å². The van der Waals surface area contributed by atoms with Gasteiger partial charge in [0.15, 0.2) is 0 Å². The minimum absolute atomic E-state index is 0.0144. The number of hydrogen-bond donors (Lipinski definition) is 3. The molecule has 11 nitrogen and oxygen atoms in total. The lowest BCUT2D eigenvalue weighted by molar-refractivity contribution is -0.124. The second-order valence-electron chi connectivity index (χ2n) is 9.70. The number of aryl methyl sites for hydroxylation is 1. The molecule has 2 aliphatic rings. The fraction of sp³-hybridized carbons (Fsp3) is 0.400. The summed E-state index contributed by atoms with van der Waals surface area (Å²) in [6.07, 6.45) is 9.69. The van der Waals surface area contributed by atoms with E-state index in [2.05, 4.69) is 30.8 Å². The van der Waals surface area contributed by atoms with Crippen molar-refractivity contribution in [1.29, 1.82) is 0 Å². The highest BCUT2D eigenvalue weighted by Crippen LogP contribution is 2.29. The number of hydrogen-bond acceptors (Lipinski definition) is 10. The summed E-state index contributed by atoms with van der Waals surface area (Å²) >= 11 is 2.78. The molecule has 5 heterocycles. The van der Waals surface area contributed by atoms with Gasteiger partial charge in [-0.15, -0.1) is 21.5 Å². The molecule has 38 heavy (non-hydrogen) atoms. The molecule has 0 unspecified atom stereocenters. The zero-order valence-corrected chi connectivity index (χ0v) is 22.1. The first-order valence-corrected chi connectivity index (χ1v) is 14.2. The van der Waals surface area contributed by atoms with E-state index < -0.39 is 17.5 Å². The van der Waals surface area contributed by atoms with Crippen LogP contribution in [0.4, 0.5) is 11.5 Å². The van der Waals surface area contributed by atoms with Gasteiger partial charge in [-0.2, -0.15) is 0 Å². The van der Waals surface area contributed by atoms with Crippen LogP contribution in [-0.4, -0.2) is 36.5 Å². The van der Waals surface area contributed by atoms with Crippen LogP contribution >= 0.6 is 22.7 Å². The molecule has 1 atom stereocenters. The van der Waals surface area contributed by atoms with Crippen LogP contribution in [0.1, 0.15) is 63.7 Å². The molecule has 1 aliphatic carbocycles. The maximum absolute atomic E-state index is 13.3. The Balaban J connectivity index is 1.13. The van der Waals surface area contributed by atoms with E-state index >= 15 is 0 Å². The van der Waals surface area contributed by atoms with Crippen molar-refractivity contribution in [3.8, 4) is 0 Å². The lowest BCUT2D eigenvalue weighted by Crippen LogP contribution is -2.36. The van der Waals surface area contributed by atoms with E-state index in [9.17, 15) is 14.4 Å². The summed E-state index contributed by atoms with van der Waals surface area (Å²) < 4.78 is 2.38. The van der Waals surface area contributed by atoms with E-state index in [4.69, 9.17) is 5.73 Å². The van der Waals surface area contributed by atoms with Crippen molar-refractivity contribution in [2.24, 2.45) is 5.92 Å². The summed E-state index contributed by atoms with van der Waals surface area (Å²) in [5.41, 5.74) is 5.32. The molecular weight excluding hydrogens is 524 g/mol. The summed E-state index contributed by atoms with van der Waals surface area (Å²) in [5.74, 6) is 0.793. The highest BCUT2D eigenvalue weighted by atomic mass is 32.1. The van der Waals surface area contributed by atoms with Crippen LogP contribution in [0.5, 0.6) is 0 Å². The summed E-state index contributed by atoms with van der Waals surface area (Å²) in [5, 5.41) is 15.8. The third-order valence-electron chi connectivity index (χ3n) is 7.08. The van der Waals surface area contributed by atoms with E-state index in [1.54, 1.807) is 12.3 Å². The Morgan fingerprint density at radius 1 is 1.08 bits per heavy atom. The minimum Gasteiger partial charge on any atom is -0.384 e. The molecule has 0 spiro atoms. The predicted octanol–water partition coefficient (Wildman–Crippen LogP) is 3.08. The van der Waals surface area contributed by atoms with Gasteiger partial charge in [-0.25, -0.2) is 9.97 Å². The number of nitrogen functional groups attached to an aromatic ring is 1. The van der Waals surface area contributed by atoms with Crippen LogP contribution < -0.4 is 21.9 Å². The maximum Gasteiger partial charge on any atom is 0.286 e. The first-order valence-electron chi connectivity index (χ1n) is 12.6. The Morgan fingerprint density at radius 3 is 2.76 bits per heavy atom. The minimum atomic E-state index is -0.701. The first kappa shape index (κ1) is 24.6. The van der Waals surface area contributed by atoms with E-state index in [0.717, 1.165) is 26.4 Å². The number of carbonyl (C=O) groups excluding carboxylic acids is 2. The number of fused-ring (bicyclic) bond motifs is 2. The van der Waals surface area contributed by atoms with Crippen molar-refractivity contribution < 1.29 is 9.59 Å². The second-order valence-corrected chi connectivity index (χ2v) is 11.9. The van der Waals surface area contributed by atoms with Crippen LogP contribution in [0.15, 0.2) is 29.3 Å². The van der Waals surface area contributed by atoms with Crippen molar-refractivity contribution in [1.82, 2.24) is 30.0 Å². The Kier molecular flexibility index (Phi) is 6.62. The molecule has 196 valence electrons. The number of amides is 2. The van der Waals surface area contributed by atoms with Gasteiger partial charge in [0.1, 0.15) is 28.4 Å². The van der Waals surface area contributed by atoms with Crippen molar-refractivity contribution in [3.05, 3.63) is 55.6 Å². The SMILES string of the molecule is Nc1cc2sc(CNC(=O)[C@@H]3CCc4ncc(NC(=O)c5nnc(CC6CCCC6)s5)c(=O)n43)cc2cn1. The average Bonchev–Trinajstić information content (AvgIpc) is 3.71. The molecule has 0 radical (unpaired) electrons. The Hall–Kier alpha value is -3.71. The van der Waals surface area contributed by atoms with Crippen molar-refractivity contribution in [2.45, 2.75) is 57.5 Å². The molecule has 1 saturated carbocycles. The standard InChI is InChI=1S/C25H26N8O3S2/c26-19-9-18-14(10-27-19)8-15(37-18)11-29-22(34)17-5-6-20-28-12-16(25(36)33(17)20)30-23(35)24-32-31-21(38-24)7-13-3-1-2-4-13/h8-10,12-13,17H,1-7,11H2,(H2,26,27)(H,29,34)(H,30,35)/t17-/m0/s1.